The predicted molar refractivity (Wildman–Crippen MR) is 55.1 cm³/mol. The smallest absolute Gasteiger partial charge is 0.224 e. The Hall–Kier alpha value is -1.32. The average molecular weight is 180 g/mol. The van der Waals surface area contributed by atoms with Gasteiger partial charge in [-0.1, -0.05) is 0 Å². The fourth-order valence-electron chi connectivity index (χ4n) is 0.982. The Labute approximate surface area is 78.8 Å². The summed E-state index contributed by atoms with van der Waals surface area (Å²) in [4.78, 5) is 8.40. The molecule has 0 fully saturated rings. The van der Waals surface area contributed by atoms with Crippen molar-refractivity contribution in [1.29, 1.82) is 0 Å². The van der Waals surface area contributed by atoms with E-state index in [1.54, 1.807) is 0 Å². The molecule has 0 bridgehead atoms. The number of hydrogen-bond donors (Lipinski definition) is 2. The van der Waals surface area contributed by atoms with Gasteiger partial charge in [0.1, 0.15) is 5.82 Å². The maximum absolute atomic E-state index is 4.30. The van der Waals surface area contributed by atoms with Gasteiger partial charge in [-0.05, 0) is 20.8 Å². The number of nitrogens with one attached hydrogen (secondary N) is 2. The van der Waals surface area contributed by atoms with Crippen LogP contribution in [0.5, 0.6) is 0 Å². The Morgan fingerprint density at radius 2 is 2.08 bits per heavy atom. The molecule has 1 heterocycles. The van der Waals surface area contributed by atoms with Crippen molar-refractivity contribution in [3.05, 3.63) is 11.8 Å². The van der Waals surface area contributed by atoms with Crippen LogP contribution in [0.15, 0.2) is 6.20 Å². The molecular formula is C9H16N4. The van der Waals surface area contributed by atoms with Crippen molar-refractivity contribution in [2.45, 2.75) is 26.8 Å². The molecule has 13 heavy (non-hydrogen) atoms. The lowest BCUT2D eigenvalue weighted by molar-refractivity contribution is 0.882. The van der Waals surface area contributed by atoms with Crippen molar-refractivity contribution in [2.24, 2.45) is 0 Å². The first-order chi connectivity index (χ1) is 6.13. The predicted octanol–water partition coefficient (Wildman–Crippen LogP) is 1.65. The second-order valence-corrected chi connectivity index (χ2v) is 3.27. The van der Waals surface area contributed by atoms with E-state index in [0.717, 1.165) is 11.4 Å². The number of hydrogen-bond acceptors (Lipinski definition) is 4. The lowest BCUT2D eigenvalue weighted by Gasteiger charge is -2.11. The Kier molecular flexibility index (Phi) is 3.06. The minimum absolute atomic E-state index is 0.387. The number of aromatic nitrogens is 2. The van der Waals surface area contributed by atoms with E-state index in [-0.39, 0.29) is 0 Å². The molecule has 0 radical (unpaired) electrons. The highest BCUT2D eigenvalue weighted by atomic mass is 15.1. The number of nitrogens with zero attached hydrogens (tertiary/aromatic N) is 2. The largest absolute Gasteiger partial charge is 0.368 e. The third kappa shape index (κ3) is 2.57. The summed E-state index contributed by atoms with van der Waals surface area (Å²) < 4.78 is 0. The lowest BCUT2D eigenvalue weighted by atomic mass is 10.3. The van der Waals surface area contributed by atoms with Gasteiger partial charge in [-0.3, -0.25) is 0 Å². The molecule has 0 saturated heterocycles. The van der Waals surface area contributed by atoms with Crippen molar-refractivity contribution in [3.8, 4) is 0 Å². The maximum atomic E-state index is 4.30. The maximum Gasteiger partial charge on any atom is 0.224 e. The van der Waals surface area contributed by atoms with E-state index in [4.69, 9.17) is 0 Å². The van der Waals surface area contributed by atoms with Gasteiger partial charge >= 0.3 is 0 Å². The Morgan fingerprint density at radius 1 is 1.38 bits per heavy atom. The zero-order chi connectivity index (χ0) is 9.84. The minimum atomic E-state index is 0.387. The number of aryl methyl sites for hydroxylation is 1. The van der Waals surface area contributed by atoms with Gasteiger partial charge < -0.3 is 10.6 Å². The van der Waals surface area contributed by atoms with E-state index in [2.05, 4.69) is 34.4 Å². The molecule has 0 unspecified atom stereocenters. The Morgan fingerprint density at radius 3 is 2.62 bits per heavy atom. The Balaban J connectivity index is 2.90. The molecule has 0 aliphatic carbocycles. The van der Waals surface area contributed by atoms with Gasteiger partial charge in [0.2, 0.25) is 5.95 Å². The molecule has 0 amide bonds. The summed E-state index contributed by atoms with van der Waals surface area (Å²) >= 11 is 0. The van der Waals surface area contributed by atoms with Crippen molar-refractivity contribution < 1.29 is 0 Å². The summed E-state index contributed by atoms with van der Waals surface area (Å²) in [6.45, 7) is 6.16. The molecule has 4 nitrogen and oxygen atoms in total. The van der Waals surface area contributed by atoms with Crippen molar-refractivity contribution in [3.63, 3.8) is 0 Å². The zero-order valence-electron chi connectivity index (χ0n) is 8.55. The second kappa shape index (κ2) is 4.07. The molecule has 0 atom stereocenters. The normalized spacial score (nSPS) is 10.2. The van der Waals surface area contributed by atoms with Crippen LogP contribution in [0.25, 0.3) is 0 Å². The summed E-state index contributed by atoms with van der Waals surface area (Å²) in [6.07, 6.45) is 1.81. The highest BCUT2D eigenvalue weighted by Crippen LogP contribution is 2.12. The molecule has 2 N–H and O–H groups in total. The van der Waals surface area contributed by atoms with E-state index in [0.29, 0.717) is 12.0 Å². The summed E-state index contributed by atoms with van der Waals surface area (Å²) in [5.74, 6) is 1.54. The topological polar surface area (TPSA) is 49.8 Å². The van der Waals surface area contributed by atoms with Crippen molar-refractivity contribution in [1.82, 2.24) is 9.97 Å². The number of anilines is 2. The molecule has 72 valence electrons. The van der Waals surface area contributed by atoms with Crippen LogP contribution in [0.4, 0.5) is 11.8 Å². The SMILES string of the molecule is CNc1ncc(C)c(NC(C)C)n1. The molecule has 0 saturated carbocycles. The van der Waals surface area contributed by atoms with Gasteiger partial charge in [0, 0.05) is 24.8 Å². The van der Waals surface area contributed by atoms with Crippen LogP contribution >= 0.6 is 0 Å². The summed E-state index contributed by atoms with van der Waals surface area (Å²) in [5, 5.41) is 6.16. The fraction of sp³-hybridized carbons (Fsp3) is 0.556. The molecule has 0 aliphatic heterocycles. The first-order valence-electron chi connectivity index (χ1n) is 4.41. The van der Waals surface area contributed by atoms with Crippen LogP contribution in [-0.2, 0) is 0 Å². The van der Waals surface area contributed by atoms with E-state index < -0.39 is 0 Å². The number of rotatable bonds is 3. The van der Waals surface area contributed by atoms with Crippen LogP contribution in [0.3, 0.4) is 0 Å². The van der Waals surface area contributed by atoms with Gasteiger partial charge in [0.15, 0.2) is 0 Å². The van der Waals surface area contributed by atoms with E-state index in [1.807, 2.05) is 20.2 Å². The van der Waals surface area contributed by atoms with Crippen LogP contribution in [-0.4, -0.2) is 23.1 Å². The second-order valence-electron chi connectivity index (χ2n) is 3.27. The monoisotopic (exact) mass is 180 g/mol. The van der Waals surface area contributed by atoms with E-state index in [1.165, 1.54) is 0 Å². The highest BCUT2D eigenvalue weighted by Gasteiger charge is 2.03. The molecule has 0 aromatic carbocycles. The quantitative estimate of drug-likeness (QED) is 0.742. The van der Waals surface area contributed by atoms with Gasteiger partial charge in [-0.25, -0.2) is 4.98 Å². The lowest BCUT2D eigenvalue weighted by Crippen LogP contribution is -2.13. The summed E-state index contributed by atoms with van der Waals surface area (Å²) in [6, 6.07) is 0.387. The van der Waals surface area contributed by atoms with Gasteiger partial charge in [0.25, 0.3) is 0 Å². The standard InChI is InChI=1S/C9H16N4/c1-6(2)12-8-7(3)5-11-9(10-4)13-8/h5-6H,1-4H3,(H2,10,11,12,13). The highest BCUT2D eigenvalue weighted by molar-refractivity contribution is 5.46. The Bertz CT molecular complexity index is 283. The molecule has 0 spiro atoms. The average Bonchev–Trinajstić information content (AvgIpc) is 2.08. The van der Waals surface area contributed by atoms with Crippen LogP contribution in [0, 0.1) is 6.92 Å². The molecule has 1 aromatic rings. The summed E-state index contributed by atoms with van der Waals surface area (Å²) in [5.41, 5.74) is 1.06. The van der Waals surface area contributed by atoms with Crippen molar-refractivity contribution in [2.75, 3.05) is 17.7 Å². The van der Waals surface area contributed by atoms with Gasteiger partial charge in [-0.2, -0.15) is 4.98 Å². The van der Waals surface area contributed by atoms with Crippen molar-refractivity contribution >= 4 is 11.8 Å². The summed E-state index contributed by atoms with van der Waals surface area (Å²) in [7, 11) is 1.81. The third-order valence-electron chi connectivity index (χ3n) is 1.62. The molecule has 1 rings (SSSR count). The minimum Gasteiger partial charge on any atom is -0.368 e. The fourth-order valence-corrected chi connectivity index (χ4v) is 0.982. The van der Waals surface area contributed by atoms with Crippen LogP contribution in [0.1, 0.15) is 19.4 Å². The van der Waals surface area contributed by atoms with E-state index >= 15 is 0 Å². The van der Waals surface area contributed by atoms with Crippen LogP contribution in [0.2, 0.25) is 0 Å². The van der Waals surface area contributed by atoms with E-state index in [9.17, 15) is 0 Å². The van der Waals surface area contributed by atoms with Crippen LogP contribution < -0.4 is 10.6 Å². The first kappa shape index (κ1) is 9.77. The zero-order valence-corrected chi connectivity index (χ0v) is 8.55. The molecule has 1 aromatic heterocycles. The molecule has 4 heteroatoms. The molecular weight excluding hydrogens is 164 g/mol. The van der Waals surface area contributed by atoms with Gasteiger partial charge in [0.05, 0.1) is 0 Å². The van der Waals surface area contributed by atoms with Gasteiger partial charge in [-0.15, -0.1) is 0 Å². The first-order valence-corrected chi connectivity index (χ1v) is 4.41. The molecule has 0 aliphatic rings. The third-order valence-corrected chi connectivity index (χ3v) is 1.62.